The van der Waals surface area contributed by atoms with Gasteiger partial charge in [-0.3, -0.25) is 4.79 Å². The molecule has 1 atom stereocenters. The van der Waals surface area contributed by atoms with Crippen LogP contribution in [-0.4, -0.2) is 43.6 Å². The van der Waals surface area contributed by atoms with Crippen LogP contribution in [0.3, 0.4) is 0 Å². The maximum absolute atomic E-state index is 12.4. The fourth-order valence-corrected chi connectivity index (χ4v) is 3.18. The average Bonchev–Trinajstić information content (AvgIpc) is 3.24. The zero-order valence-electron chi connectivity index (χ0n) is 14.8. The second-order valence-electron chi connectivity index (χ2n) is 6.87. The summed E-state index contributed by atoms with van der Waals surface area (Å²) in [6.45, 7) is 7.54. The predicted octanol–water partition coefficient (Wildman–Crippen LogP) is 2.18. The molecule has 1 amide bonds. The number of aromatic nitrogens is 4. The third-order valence-electron chi connectivity index (χ3n) is 4.47. The van der Waals surface area contributed by atoms with Gasteiger partial charge in [0.05, 0.1) is 5.69 Å². The molecule has 0 spiro atoms. The first-order valence-electron chi connectivity index (χ1n) is 8.54. The van der Waals surface area contributed by atoms with Crippen molar-refractivity contribution in [3.63, 3.8) is 0 Å². The maximum Gasteiger partial charge on any atom is 0.223 e. The first-order chi connectivity index (χ1) is 11.4. The van der Waals surface area contributed by atoms with Crippen molar-refractivity contribution >= 4 is 5.91 Å². The van der Waals surface area contributed by atoms with Crippen LogP contribution < -0.4 is 0 Å². The van der Waals surface area contributed by atoms with Gasteiger partial charge in [0.25, 0.3) is 0 Å². The van der Waals surface area contributed by atoms with E-state index in [9.17, 15) is 4.79 Å². The van der Waals surface area contributed by atoms with Crippen molar-refractivity contribution in [2.45, 2.75) is 51.9 Å². The molecule has 0 saturated carbocycles. The molecule has 7 nitrogen and oxygen atoms in total. The Balaban J connectivity index is 1.53. The standard InChI is InChI=1S/C17H25N5O2/c1-11(2)17-20-19-14(24-17)5-6-15(23)22-8-7-13(10-22)16-18-12(3)9-21(16)4/h9,11,13H,5-8,10H2,1-4H3/t13-/m1/s1. The minimum absolute atomic E-state index is 0.146. The lowest BCUT2D eigenvalue weighted by Crippen LogP contribution is -2.28. The normalized spacial score (nSPS) is 17.9. The van der Waals surface area contributed by atoms with Gasteiger partial charge in [-0.15, -0.1) is 10.2 Å². The Labute approximate surface area is 142 Å². The number of carbonyl (C=O) groups is 1. The Morgan fingerprint density at radius 1 is 1.42 bits per heavy atom. The molecule has 0 bridgehead atoms. The van der Waals surface area contributed by atoms with E-state index in [0.717, 1.165) is 31.0 Å². The van der Waals surface area contributed by atoms with Crippen molar-refractivity contribution in [2.24, 2.45) is 7.05 Å². The van der Waals surface area contributed by atoms with E-state index < -0.39 is 0 Å². The molecule has 24 heavy (non-hydrogen) atoms. The summed E-state index contributed by atoms with van der Waals surface area (Å²) in [4.78, 5) is 19.0. The fraction of sp³-hybridized carbons (Fsp3) is 0.647. The molecule has 1 aliphatic heterocycles. The molecule has 0 N–H and O–H groups in total. The number of hydrogen-bond acceptors (Lipinski definition) is 5. The van der Waals surface area contributed by atoms with Crippen LogP contribution in [0.2, 0.25) is 0 Å². The molecular weight excluding hydrogens is 306 g/mol. The molecule has 1 aliphatic rings. The first kappa shape index (κ1) is 16.7. The van der Waals surface area contributed by atoms with Gasteiger partial charge in [-0.1, -0.05) is 13.8 Å². The number of likely N-dealkylation sites (tertiary alicyclic amines) is 1. The second kappa shape index (κ2) is 6.75. The summed E-state index contributed by atoms with van der Waals surface area (Å²) < 4.78 is 7.63. The molecule has 0 aliphatic carbocycles. The molecule has 1 saturated heterocycles. The maximum atomic E-state index is 12.4. The van der Waals surface area contributed by atoms with E-state index in [1.165, 1.54) is 0 Å². The Morgan fingerprint density at radius 3 is 2.83 bits per heavy atom. The minimum atomic E-state index is 0.146. The van der Waals surface area contributed by atoms with Gasteiger partial charge in [0.1, 0.15) is 5.82 Å². The topological polar surface area (TPSA) is 77.0 Å². The molecule has 7 heteroatoms. The third-order valence-corrected chi connectivity index (χ3v) is 4.47. The Hall–Kier alpha value is -2.18. The number of imidazole rings is 1. The Bertz CT molecular complexity index is 718. The van der Waals surface area contributed by atoms with Crippen molar-refractivity contribution in [1.82, 2.24) is 24.6 Å². The Kier molecular flexibility index (Phi) is 4.69. The summed E-state index contributed by atoms with van der Waals surface area (Å²) in [6.07, 6.45) is 3.91. The SMILES string of the molecule is Cc1cn(C)c([C@@H]2CCN(C(=O)CCc3nnc(C(C)C)o3)C2)n1. The zero-order chi connectivity index (χ0) is 17.3. The minimum Gasteiger partial charge on any atom is -0.425 e. The number of aryl methyl sites for hydroxylation is 3. The molecule has 0 radical (unpaired) electrons. The van der Waals surface area contributed by atoms with Gasteiger partial charge >= 0.3 is 0 Å². The summed E-state index contributed by atoms with van der Waals surface area (Å²) in [5.74, 6) is 2.92. The van der Waals surface area contributed by atoms with Crippen LogP contribution >= 0.6 is 0 Å². The second-order valence-corrected chi connectivity index (χ2v) is 6.87. The molecule has 130 valence electrons. The highest BCUT2D eigenvalue weighted by atomic mass is 16.4. The van der Waals surface area contributed by atoms with Crippen LogP contribution in [0.1, 0.15) is 61.8 Å². The number of nitrogens with zero attached hydrogens (tertiary/aromatic N) is 5. The van der Waals surface area contributed by atoms with Crippen LogP contribution in [0, 0.1) is 6.92 Å². The summed E-state index contributed by atoms with van der Waals surface area (Å²) in [7, 11) is 2.02. The molecule has 0 aromatic carbocycles. The predicted molar refractivity (Wildman–Crippen MR) is 88.6 cm³/mol. The van der Waals surface area contributed by atoms with Crippen molar-refractivity contribution in [2.75, 3.05) is 13.1 Å². The van der Waals surface area contributed by atoms with Crippen molar-refractivity contribution < 1.29 is 9.21 Å². The van der Waals surface area contributed by atoms with Gasteiger partial charge in [-0.05, 0) is 13.3 Å². The van der Waals surface area contributed by atoms with Crippen LogP contribution in [0.5, 0.6) is 0 Å². The molecule has 3 heterocycles. The van der Waals surface area contributed by atoms with E-state index in [1.54, 1.807) is 0 Å². The van der Waals surface area contributed by atoms with Crippen LogP contribution in [0.4, 0.5) is 0 Å². The number of amides is 1. The highest BCUT2D eigenvalue weighted by molar-refractivity contribution is 5.76. The first-order valence-corrected chi connectivity index (χ1v) is 8.54. The summed E-state index contributed by atoms with van der Waals surface area (Å²) >= 11 is 0. The zero-order valence-corrected chi connectivity index (χ0v) is 14.8. The van der Waals surface area contributed by atoms with E-state index in [2.05, 4.69) is 19.7 Å². The van der Waals surface area contributed by atoms with Crippen molar-refractivity contribution in [3.8, 4) is 0 Å². The molecule has 2 aromatic rings. The third kappa shape index (κ3) is 3.49. The number of carbonyl (C=O) groups excluding carboxylic acids is 1. The summed E-state index contributed by atoms with van der Waals surface area (Å²) in [6, 6.07) is 0. The van der Waals surface area contributed by atoms with Crippen molar-refractivity contribution in [1.29, 1.82) is 0 Å². The van der Waals surface area contributed by atoms with E-state index in [-0.39, 0.29) is 11.8 Å². The highest BCUT2D eigenvalue weighted by Gasteiger charge is 2.29. The monoisotopic (exact) mass is 331 g/mol. The van der Waals surface area contributed by atoms with E-state index in [1.807, 2.05) is 38.9 Å². The lowest BCUT2D eigenvalue weighted by atomic mass is 10.1. The Morgan fingerprint density at radius 2 is 2.21 bits per heavy atom. The van der Waals surface area contributed by atoms with Gasteiger partial charge in [0.2, 0.25) is 17.7 Å². The van der Waals surface area contributed by atoms with Crippen molar-refractivity contribution in [3.05, 3.63) is 29.5 Å². The van der Waals surface area contributed by atoms with Gasteiger partial charge in [-0.25, -0.2) is 4.98 Å². The summed E-state index contributed by atoms with van der Waals surface area (Å²) in [5, 5.41) is 8.01. The number of rotatable bonds is 5. The van der Waals surface area contributed by atoms with Crippen LogP contribution in [0.15, 0.2) is 10.6 Å². The van der Waals surface area contributed by atoms with E-state index in [0.29, 0.717) is 30.5 Å². The number of hydrogen-bond donors (Lipinski definition) is 0. The quantitative estimate of drug-likeness (QED) is 0.839. The largest absolute Gasteiger partial charge is 0.425 e. The molecule has 0 unspecified atom stereocenters. The van der Waals surface area contributed by atoms with Gasteiger partial charge in [0.15, 0.2) is 0 Å². The van der Waals surface area contributed by atoms with Crippen LogP contribution in [0.25, 0.3) is 0 Å². The lowest BCUT2D eigenvalue weighted by Gasteiger charge is -2.16. The van der Waals surface area contributed by atoms with E-state index >= 15 is 0 Å². The lowest BCUT2D eigenvalue weighted by molar-refractivity contribution is -0.130. The molecule has 1 fully saturated rings. The highest BCUT2D eigenvalue weighted by Crippen LogP contribution is 2.27. The smallest absolute Gasteiger partial charge is 0.223 e. The molecular formula is C17H25N5O2. The molecule has 3 rings (SSSR count). The van der Waals surface area contributed by atoms with Gasteiger partial charge < -0.3 is 13.9 Å². The van der Waals surface area contributed by atoms with Crippen LogP contribution in [-0.2, 0) is 18.3 Å². The summed E-state index contributed by atoms with van der Waals surface area (Å²) in [5.41, 5.74) is 1.02. The van der Waals surface area contributed by atoms with E-state index in [4.69, 9.17) is 4.42 Å². The average molecular weight is 331 g/mol. The fourth-order valence-electron chi connectivity index (χ4n) is 3.18. The van der Waals surface area contributed by atoms with Gasteiger partial charge in [-0.2, -0.15) is 0 Å². The van der Waals surface area contributed by atoms with Gasteiger partial charge in [0, 0.05) is 51.0 Å². The molecule has 2 aromatic heterocycles.